The maximum atomic E-state index is 13.8. The van der Waals surface area contributed by atoms with Crippen LogP contribution in [0.4, 0.5) is 4.39 Å². The molecule has 28 heavy (non-hydrogen) atoms. The molecule has 0 aliphatic carbocycles. The van der Waals surface area contributed by atoms with E-state index in [0.29, 0.717) is 29.2 Å². The highest BCUT2D eigenvalue weighted by atomic mass is 35.5. The van der Waals surface area contributed by atoms with Gasteiger partial charge in [0.25, 0.3) is 0 Å². The van der Waals surface area contributed by atoms with E-state index in [-0.39, 0.29) is 36.6 Å². The van der Waals surface area contributed by atoms with E-state index in [1.54, 1.807) is 24.3 Å². The highest BCUT2D eigenvalue weighted by molar-refractivity contribution is 7.88. The number of Topliss-reactive ketones (excluding diaryl/α,β-unsaturated/α-hetero) is 1. The van der Waals surface area contributed by atoms with Crippen molar-refractivity contribution in [2.24, 2.45) is 0 Å². The van der Waals surface area contributed by atoms with E-state index in [1.807, 2.05) is 0 Å². The second-order valence-corrected chi connectivity index (χ2v) is 9.68. The molecule has 0 saturated carbocycles. The van der Waals surface area contributed by atoms with Crippen molar-refractivity contribution in [2.45, 2.75) is 30.6 Å². The van der Waals surface area contributed by atoms with Gasteiger partial charge in [0, 0.05) is 36.5 Å². The van der Waals surface area contributed by atoms with Crippen LogP contribution in [0.25, 0.3) is 0 Å². The lowest BCUT2D eigenvalue weighted by molar-refractivity contribution is 0.00589. The van der Waals surface area contributed by atoms with E-state index in [9.17, 15) is 17.6 Å². The van der Waals surface area contributed by atoms with Crippen molar-refractivity contribution in [2.75, 3.05) is 13.1 Å². The molecule has 0 bridgehead atoms. The Hall–Kier alpha value is -1.96. The fraction of sp³-hybridized carbons (Fsp3) is 0.350. The first kappa shape index (κ1) is 19.4. The summed E-state index contributed by atoms with van der Waals surface area (Å²) >= 11 is 5.96. The summed E-state index contributed by atoms with van der Waals surface area (Å²) in [5.74, 6) is -0.473. The third-order valence-corrected chi connectivity index (χ3v) is 7.44. The van der Waals surface area contributed by atoms with Crippen molar-refractivity contribution in [3.63, 3.8) is 0 Å². The van der Waals surface area contributed by atoms with Crippen molar-refractivity contribution in [1.29, 1.82) is 0 Å². The van der Waals surface area contributed by atoms with E-state index in [2.05, 4.69) is 0 Å². The first-order valence-electron chi connectivity index (χ1n) is 9.01. The van der Waals surface area contributed by atoms with Crippen LogP contribution >= 0.6 is 11.6 Å². The van der Waals surface area contributed by atoms with Crippen LogP contribution in [0, 0.1) is 5.82 Å². The minimum absolute atomic E-state index is 0.0496. The number of sulfonamides is 1. The normalized spacial score (nSPS) is 19.3. The van der Waals surface area contributed by atoms with Gasteiger partial charge in [0.2, 0.25) is 10.0 Å². The second kappa shape index (κ2) is 7.13. The van der Waals surface area contributed by atoms with Crippen molar-refractivity contribution >= 4 is 27.4 Å². The van der Waals surface area contributed by atoms with Crippen molar-refractivity contribution in [3.05, 3.63) is 64.4 Å². The van der Waals surface area contributed by atoms with Crippen molar-refractivity contribution < 1.29 is 22.3 Å². The largest absolute Gasteiger partial charge is 0.486 e. The van der Waals surface area contributed by atoms with Gasteiger partial charge in [-0.05, 0) is 24.3 Å². The zero-order valence-electron chi connectivity index (χ0n) is 15.0. The van der Waals surface area contributed by atoms with Gasteiger partial charge in [-0.15, -0.1) is 0 Å². The van der Waals surface area contributed by atoms with Crippen LogP contribution < -0.4 is 4.74 Å². The molecule has 5 nitrogen and oxygen atoms in total. The molecule has 2 aliphatic heterocycles. The minimum atomic E-state index is -3.66. The standard InChI is InChI=1S/C20H19ClFNO4S/c21-15-5-6-19-16(11-15)18(24)12-20(27-19)7-9-23(10-8-20)28(25,26)13-14-3-1-2-4-17(14)22/h1-6,11H,7-10,12-13H2. The van der Waals surface area contributed by atoms with E-state index in [0.717, 1.165) is 0 Å². The Bertz CT molecular complexity index is 1030. The van der Waals surface area contributed by atoms with Crippen LogP contribution in [0.1, 0.15) is 35.2 Å². The Morgan fingerprint density at radius 3 is 2.57 bits per heavy atom. The summed E-state index contributed by atoms with van der Waals surface area (Å²) < 4.78 is 46.7. The number of halogens is 2. The van der Waals surface area contributed by atoms with Gasteiger partial charge in [-0.3, -0.25) is 4.79 Å². The molecule has 2 aromatic rings. The highest BCUT2D eigenvalue weighted by Gasteiger charge is 2.44. The molecule has 0 aromatic heterocycles. The van der Waals surface area contributed by atoms with Crippen molar-refractivity contribution in [3.8, 4) is 5.75 Å². The van der Waals surface area contributed by atoms with Crippen LogP contribution in [0.2, 0.25) is 5.02 Å². The second-order valence-electron chi connectivity index (χ2n) is 7.27. The average molecular weight is 424 g/mol. The molecule has 2 heterocycles. The molecule has 1 spiro atoms. The summed E-state index contributed by atoms with van der Waals surface area (Å²) in [6.45, 7) is 0.458. The quantitative estimate of drug-likeness (QED) is 0.753. The van der Waals surface area contributed by atoms with E-state index >= 15 is 0 Å². The lowest BCUT2D eigenvalue weighted by Crippen LogP contribution is -2.52. The van der Waals surface area contributed by atoms with Gasteiger partial charge in [0.1, 0.15) is 17.2 Å². The molecule has 1 saturated heterocycles. The molecule has 0 N–H and O–H groups in total. The number of carbonyl (C=O) groups is 1. The van der Waals surface area contributed by atoms with E-state index in [4.69, 9.17) is 16.3 Å². The maximum Gasteiger partial charge on any atom is 0.218 e. The summed E-state index contributed by atoms with van der Waals surface area (Å²) in [4.78, 5) is 12.6. The number of benzene rings is 2. The summed E-state index contributed by atoms with van der Waals surface area (Å²) in [6.07, 6.45) is 0.996. The Kier molecular flexibility index (Phi) is 4.93. The number of fused-ring (bicyclic) bond motifs is 1. The molecule has 0 unspecified atom stereocenters. The lowest BCUT2D eigenvalue weighted by atomic mass is 9.83. The molecule has 4 rings (SSSR count). The van der Waals surface area contributed by atoms with Crippen LogP contribution in [0.5, 0.6) is 5.75 Å². The Labute approximate surface area is 168 Å². The number of hydrogen-bond donors (Lipinski definition) is 0. The monoisotopic (exact) mass is 423 g/mol. The topological polar surface area (TPSA) is 63.7 Å². The molecule has 1 fully saturated rings. The first-order valence-corrected chi connectivity index (χ1v) is 11.0. The van der Waals surface area contributed by atoms with Gasteiger partial charge in [0.05, 0.1) is 17.7 Å². The SMILES string of the molecule is O=C1CC2(CCN(S(=O)(=O)Cc3ccccc3F)CC2)Oc2ccc(Cl)cc21. The van der Waals surface area contributed by atoms with Gasteiger partial charge < -0.3 is 4.74 Å². The summed E-state index contributed by atoms with van der Waals surface area (Å²) in [5, 5.41) is 0.473. The number of piperidine rings is 1. The van der Waals surface area contributed by atoms with Gasteiger partial charge in [0.15, 0.2) is 5.78 Å². The fourth-order valence-corrected chi connectivity index (χ4v) is 5.54. The molecule has 2 aromatic carbocycles. The number of ketones is 1. The highest BCUT2D eigenvalue weighted by Crippen LogP contribution is 2.40. The van der Waals surface area contributed by atoms with Gasteiger partial charge in [-0.1, -0.05) is 29.8 Å². The predicted octanol–water partition coefficient (Wildman–Crippen LogP) is 3.81. The van der Waals surface area contributed by atoms with E-state index < -0.39 is 21.4 Å². The molecule has 0 radical (unpaired) electrons. The average Bonchev–Trinajstić information content (AvgIpc) is 2.65. The van der Waals surface area contributed by atoms with E-state index in [1.165, 1.54) is 22.5 Å². The molecule has 8 heteroatoms. The van der Waals surface area contributed by atoms with Gasteiger partial charge >= 0.3 is 0 Å². The van der Waals surface area contributed by atoms with Crippen LogP contribution in [0.3, 0.4) is 0 Å². The van der Waals surface area contributed by atoms with Gasteiger partial charge in [-0.2, -0.15) is 0 Å². The van der Waals surface area contributed by atoms with Gasteiger partial charge in [-0.25, -0.2) is 17.1 Å². The first-order chi connectivity index (χ1) is 13.3. The maximum absolute atomic E-state index is 13.8. The third-order valence-electron chi connectivity index (χ3n) is 5.37. The number of rotatable bonds is 3. The number of carbonyl (C=O) groups excluding carboxylic acids is 1. The number of nitrogens with zero attached hydrogens (tertiary/aromatic N) is 1. The molecular weight excluding hydrogens is 405 g/mol. The summed E-state index contributed by atoms with van der Waals surface area (Å²) in [6, 6.07) is 10.8. The van der Waals surface area contributed by atoms with Crippen LogP contribution in [-0.4, -0.2) is 37.2 Å². The number of hydrogen-bond acceptors (Lipinski definition) is 4. The third kappa shape index (κ3) is 3.66. The van der Waals surface area contributed by atoms with Crippen LogP contribution in [-0.2, 0) is 15.8 Å². The Morgan fingerprint density at radius 2 is 1.86 bits per heavy atom. The smallest absolute Gasteiger partial charge is 0.218 e. The molecular formula is C20H19ClFNO4S. The molecule has 0 atom stereocenters. The lowest BCUT2D eigenvalue weighted by Gasteiger charge is -2.43. The minimum Gasteiger partial charge on any atom is -0.486 e. The Morgan fingerprint density at radius 1 is 1.14 bits per heavy atom. The number of ether oxygens (including phenoxy) is 1. The summed E-state index contributed by atoms with van der Waals surface area (Å²) in [5.41, 5.74) is -0.0903. The molecule has 148 valence electrons. The van der Waals surface area contributed by atoms with Crippen LogP contribution in [0.15, 0.2) is 42.5 Å². The van der Waals surface area contributed by atoms with Crippen molar-refractivity contribution in [1.82, 2.24) is 4.31 Å². The fourth-order valence-electron chi connectivity index (χ4n) is 3.82. The molecule has 0 amide bonds. The Balaban J connectivity index is 1.48. The zero-order chi connectivity index (χ0) is 19.9. The molecule has 2 aliphatic rings. The zero-order valence-corrected chi connectivity index (χ0v) is 16.6. The summed E-state index contributed by atoms with van der Waals surface area (Å²) in [7, 11) is -3.66. The predicted molar refractivity (Wildman–Crippen MR) is 104 cm³/mol.